The van der Waals surface area contributed by atoms with Crippen LogP contribution in [0.1, 0.15) is 17.4 Å². The third-order valence-electron chi connectivity index (χ3n) is 3.50. The second-order valence-electron chi connectivity index (χ2n) is 5.00. The highest BCUT2D eigenvalue weighted by Crippen LogP contribution is 2.08. The van der Waals surface area contributed by atoms with Gasteiger partial charge in [0.15, 0.2) is 0 Å². The number of nitrogens with one attached hydrogen (secondary N) is 1. The second-order valence-corrected chi connectivity index (χ2v) is 5.00. The fourth-order valence-corrected chi connectivity index (χ4v) is 2.20. The highest BCUT2D eigenvalue weighted by atomic mass is 16.5. The molecule has 2 rings (SSSR count). The molecule has 2 heterocycles. The Morgan fingerprint density at radius 1 is 1.18 bits per heavy atom. The van der Waals surface area contributed by atoms with Gasteiger partial charge in [-0.2, -0.15) is 0 Å². The van der Waals surface area contributed by atoms with Crippen molar-refractivity contribution in [2.75, 3.05) is 51.8 Å². The molecule has 1 fully saturated rings. The van der Waals surface area contributed by atoms with Gasteiger partial charge in [0.25, 0.3) is 5.91 Å². The Bertz CT molecular complexity index is 512. The van der Waals surface area contributed by atoms with Gasteiger partial charge >= 0.3 is 0 Å². The summed E-state index contributed by atoms with van der Waals surface area (Å²) in [4.78, 5) is 35.4. The van der Waals surface area contributed by atoms with E-state index in [4.69, 9.17) is 4.74 Å². The van der Waals surface area contributed by atoms with Gasteiger partial charge in [-0.15, -0.1) is 0 Å². The van der Waals surface area contributed by atoms with Gasteiger partial charge in [-0.25, -0.2) is 9.97 Å². The molecular weight excluding hydrogens is 286 g/mol. The number of carbonyl (C=O) groups is 2. The molecule has 8 heteroatoms. The van der Waals surface area contributed by atoms with E-state index in [9.17, 15) is 9.59 Å². The Balaban J connectivity index is 1.89. The third kappa shape index (κ3) is 4.14. The number of anilines is 1. The van der Waals surface area contributed by atoms with Crippen LogP contribution in [0, 0.1) is 0 Å². The van der Waals surface area contributed by atoms with Gasteiger partial charge in [0.2, 0.25) is 5.91 Å². The van der Waals surface area contributed by atoms with Gasteiger partial charge in [0.05, 0.1) is 19.0 Å². The SMILES string of the molecule is COCCNc1cnc(C(=O)N2CCN(C(C)=O)CC2)cn1. The number of ether oxygens (including phenoxy) is 1. The molecule has 1 N–H and O–H groups in total. The van der Waals surface area contributed by atoms with Crippen molar-refractivity contribution in [3.63, 3.8) is 0 Å². The van der Waals surface area contributed by atoms with Crippen molar-refractivity contribution in [1.29, 1.82) is 0 Å². The second kappa shape index (κ2) is 7.69. The number of nitrogens with zero attached hydrogens (tertiary/aromatic N) is 4. The average Bonchev–Trinajstić information content (AvgIpc) is 2.55. The smallest absolute Gasteiger partial charge is 0.274 e. The molecule has 0 aromatic carbocycles. The minimum absolute atomic E-state index is 0.0402. The lowest BCUT2D eigenvalue weighted by Gasteiger charge is -2.33. The summed E-state index contributed by atoms with van der Waals surface area (Å²) >= 11 is 0. The van der Waals surface area contributed by atoms with Crippen molar-refractivity contribution in [2.24, 2.45) is 0 Å². The van der Waals surface area contributed by atoms with E-state index < -0.39 is 0 Å². The molecule has 0 unspecified atom stereocenters. The van der Waals surface area contributed by atoms with E-state index in [-0.39, 0.29) is 11.8 Å². The van der Waals surface area contributed by atoms with Gasteiger partial charge in [-0.1, -0.05) is 0 Å². The highest BCUT2D eigenvalue weighted by Gasteiger charge is 2.24. The van der Waals surface area contributed by atoms with E-state index in [1.165, 1.54) is 19.3 Å². The molecule has 0 bridgehead atoms. The molecule has 1 aromatic rings. The van der Waals surface area contributed by atoms with Crippen LogP contribution < -0.4 is 5.32 Å². The molecule has 8 nitrogen and oxygen atoms in total. The van der Waals surface area contributed by atoms with E-state index >= 15 is 0 Å². The van der Waals surface area contributed by atoms with Crippen molar-refractivity contribution in [2.45, 2.75) is 6.92 Å². The zero-order valence-corrected chi connectivity index (χ0v) is 12.9. The van der Waals surface area contributed by atoms with E-state index in [0.717, 1.165) is 0 Å². The van der Waals surface area contributed by atoms with Crippen LogP contribution in [0.4, 0.5) is 5.82 Å². The average molecular weight is 307 g/mol. The Labute approximate surface area is 129 Å². The topological polar surface area (TPSA) is 87.7 Å². The van der Waals surface area contributed by atoms with Crippen molar-refractivity contribution in [1.82, 2.24) is 19.8 Å². The first-order valence-electron chi connectivity index (χ1n) is 7.21. The molecule has 0 spiro atoms. The van der Waals surface area contributed by atoms with Crippen LogP contribution in [0.3, 0.4) is 0 Å². The number of carbonyl (C=O) groups excluding carboxylic acids is 2. The van der Waals surface area contributed by atoms with Crippen molar-refractivity contribution < 1.29 is 14.3 Å². The molecule has 22 heavy (non-hydrogen) atoms. The number of methoxy groups -OCH3 is 1. The largest absolute Gasteiger partial charge is 0.383 e. The van der Waals surface area contributed by atoms with Crippen LogP contribution in [0.25, 0.3) is 0 Å². The van der Waals surface area contributed by atoms with Gasteiger partial charge in [0.1, 0.15) is 11.5 Å². The number of amides is 2. The number of aromatic nitrogens is 2. The lowest BCUT2D eigenvalue weighted by Crippen LogP contribution is -2.50. The summed E-state index contributed by atoms with van der Waals surface area (Å²) in [5, 5.41) is 3.04. The first-order valence-corrected chi connectivity index (χ1v) is 7.21. The number of rotatable bonds is 5. The molecule has 0 radical (unpaired) electrons. The molecule has 1 aliphatic heterocycles. The summed E-state index contributed by atoms with van der Waals surface area (Å²) < 4.78 is 4.93. The minimum atomic E-state index is -0.154. The predicted molar refractivity (Wildman–Crippen MR) is 80.6 cm³/mol. The zero-order valence-electron chi connectivity index (χ0n) is 12.9. The lowest BCUT2D eigenvalue weighted by atomic mass is 10.3. The fraction of sp³-hybridized carbons (Fsp3) is 0.571. The normalized spacial score (nSPS) is 14.8. The molecular formula is C14H21N5O3. The van der Waals surface area contributed by atoms with Crippen LogP contribution in [0.5, 0.6) is 0 Å². The summed E-state index contributed by atoms with van der Waals surface area (Å²) in [5.41, 5.74) is 0.313. The first kappa shape index (κ1) is 16.2. The fourth-order valence-electron chi connectivity index (χ4n) is 2.20. The van der Waals surface area contributed by atoms with E-state index in [2.05, 4.69) is 15.3 Å². The number of hydrogen-bond donors (Lipinski definition) is 1. The van der Waals surface area contributed by atoms with Crippen LogP contribution in [-0.4, -0.2) is 78.0 Å². The maximum atomic E-state index is 12.3. The summed E-state index contributed by atoms with van der Waals surface area (Å²) in [6.07, 6.45) is 3.00. The lowest BCUT2D eigenvalue weighted by molar-refractivity contribution is -0.130. The van der Waals surface area contributed by atoms with E-state index in [1.54, 1.807) is 16.9 Å². The third-order valence-corrected chi connectivity index (χ3v) is 3.50. The highest BCUT2D eigenvalue weighted by molar-refractivity contribution is 5.92. The van der Waals surface area contributed by atoms with Crippen molar-refractivity contribution in [3.05, 3.63) is 18.1 Å². The molecule has 1 aliphatic rings. The molecule has 0 atom stereocenters. The maximum absolute atomic E-state index is 12.3. The van der Waals surface area contributed by atoms with Gasteiger partial charge in [0, 0.05) is 46.8 Å². The van der Waals surface area contributed by atoms with Gasteiger partial charge in [-0.3, -0.25) is 9.59 Å². The summed E-state index contributed by atoms with van der Waals surface area (Å²) in [6, 6.07) is 0. The van der Waals surface area contributed by atoms with E-state index in [1.807, 2.05) is 0 Å². The monoisotopic (exact) mass is 307 g/mol. The molecule has 0 aliphatic carbocycles. The Hall–Kier alpha value is -2.22. The Morgan fingerprint density at radius 2 is 1.86 bits per heavy atom. The van der Waals surface area contributed by atoms with Crippen LogP contribution in [0.15, 0.2) is 12.4 Å². The van der Waals surface area contributed by atoms with Gasteiger partial charge < -0.3 is 19.9 Å². The number of hydrogen-bond acceptors (Lipinski definition) is 6. The van der Waals surface area contributed by atoms with Crippen LogP contribution in [-0.2, 0) is 9.53 Å². The molecule has 0 saturated carbocycles. The molecule has 1 saturated heterocycles. The summed E-state index contributed by atoms with van der Waals surface area (Å²) in [7, 11) is 1.63. The minimum Gasteiger partial charge on any atom is -0.383 e. The van der Waals surface area contributed by atoms with Crippen LogP contribution in [0.2, 0.25) is 0 Å². The molecule has 1 aromatic heterocycles. The predicted octanol–water partition coefficient (Wildman–Crippen LogP) is -0.161. The summed E-state index contributed by atoms with van der Waals surface area (Å²) in [5.74, 6) is 0.493. The quantitative estimate of drug-likeness (QED) is 0.761. The van der Waals surface area contributed by atoms with Crippen molar-refractivity contribution >= 4 is 17.6 Å². The number of piperazine rings is 1. The van der Waals surface area contributed by atoms with Crippen molar-refractivity contribution in [3.8, 4) is 0 Å². The Morgan fingerprint density at radius 3 is 2.41 bits per heavy atom. The maximum Gasteiger partial charge on any atom is 0.274 e. The molecule has 2 amide bonds. The molecule has 120 valence electrons. The zero-order chi connectivity index (χ0) is 15.9. The first-order chi connectivity index (χ1) is 10.6. The van der Waals surface area contributed by atoms with Gasteiger partial charge in [-0.05, 0) is 0 Å². The Kier molecular flexibility index (Phi) is 5.65. The standard InChI is InChI=1S/C14H21N5O3/c1-11(20)18-4-6-19(7-5-18)14(21)12-9-17-13(10-16-12)15-3-8-22-2/h9-10H,3-8H2,1-2H3,(H,15,17). The van der Waals surface area contributed by atoms with E-state index in [0.29, 0.717) is 50.8 Å². The van der Waals surface area contributed by atoms with Crippen LogP contribution >= 0.6 is 0 Å². The summed E-state index contributed by atoms with van der Waals surface area (Å²) in [6.45, 7) is 4.91.